The van der Waals surface area contributed by atoms with Gasteiger partial charge in [0.05, 0.1) is 11.1 Å². The Balaban J connectivity index is 1.75. The maximum absolute atomic E-state index is 12.2. The van der Waals surface area contributed by atoms with Crippen molar-refractivity contribution >= 4 is 28.5 Å². The molecule has 1 fully saturated rings. The number of furan rings is 1. The topological polar surface area (TPSA) is 48.7 Å². The van der Waals surface area contributed by atoms with Gasteiger partial charge in [-0.2, -0.15) is 0 Å². The fraction of sp³-hybridized carbons (Fsp3) is 0.438. The molecule has 112 valence electrons. The van der Waals surface area contributed by atoms with Gasteiger partial charge < -0.3 is 13.9 Å². The van der Waals surface area contributed by atoms with Crippen LogP contribution in [0.4, 0.5) is 0 Å². The van der Waals surface area contributed by atoms with Crippen LogP contribution in [-0.4, -0.2) is 25.3 Å². The fourth-order valence-corrected chi connectivity index (χ4v) is 2.79. The van der Waals surface area contributed by atoms with Crippen LogP contribution in [0.1, 0.15) is 35.4 Å². The molecule has 0 N–H and O–H groups in total. The van der Waals surface area contributed by atoms with E-state index in [-0.39, 0.29) is 18.5 Å². The van der Waals surface area contributed by atoms with Gasteiger partial charge in [0.1, 0.15) is 6.61 Å². The van der Waals surface area contributed by atoms with Crippen molar-refractivity contribution < 1.29 is 18.7 Å². The number of carbonyl (C=O) groups is 1. The van der Waals surface area contributed by atoms with Crippen LogP contribution >= 0.6 is 11.6 Å². The molecule has 2 heterocycles. The van der Waals surface area contributed by atoms with Crippen LogP contribution in [0.3, 0.4) is 0 Å². The summed E-state index contributed by atoms with van der Waals surface area (Å²) in [6, 6.07) is 5.44. The summed E-state index contributed by atoms with van der Waals surface area (Å²) < 4.78 is 16.4. The Hall–Kier alpha value is -1.52. The zero-order chi connectivity index (χ0) is 14.8. The minimum atomic E-state index is -0.464. The van der Waals surface area contributed by atoms with Crippen LogP contribution in [0.15, 0.2) is 22.6 Å². The third kappa shape index (κ3) is 2.92. The van der Waals surface area contributed by atoms with Gasteiger partial charge in [0.25, 0.3) is 0 Å². The first-order valence-electron chi connectivity index (χ1n) is 7.13. The monoisotopic (exact) mass is 308 g/mol. The van der Waals surface area contributed by atoms with Crippen molar-refractivity contribution in [3.63, 3.8) is 0 Å². The highest BCUT2D eigenvalue weighted by molar-refractivity contribution is 6.35. The normalized spacial score (nSPS) is 18.9. The lowest BCUT2D eigenvalue weighted by molar-refractivity contribution is -0.0310. The Bertz CT molecular complexity index is 656. The molecule has 1 aliphatic rings. The number of rotatable bonds is 3. The molecule has 0 spiro atoms. The number of carbonyl (C=O) groups excluding carboxylic acids is 1. The highest BCUT2D eigenvalue weighted by atomic mass is 35.5. The maximum Gasteiger partial charge on any atom is 0.374 e. The Labute approximate surface area is 128 Å². The van der Waals surface area contributed by atoms with E-state index in [1.807, 2.05) is 19.1 Å². The van der Waals surface area contributed by atoms with Gasteiger partial charge in [0.2, 0.25) is 5.76 Å². The quantitative estimate of drug-likeness (QED) is 0.800. The summed E-state index contributed by atoms with van der Waals surface area (Å²) in [5, 5.41) is 1.33. The number of hydrogen-bond acceptors (Lipinski definition) is 4. The van der Waals surface area contributed by atoms with Crippen LogP contribution < -0.4 is 0 Å². The average Bonchev–Trinajstić information content (AvgIpc) is 2.85. The fourth-order valence-electron chi connectivity index (χ4n) is 2.58. The molecule has 2 aromatic rings. The summed E-state index contributed by atoms with van der Waals surface area (Å²) in [5.74, 6) is -0.247. The van der Waals surface area contributed by atoms with E-state index in [1.165, 1.54) is 0 Å². The van der Waals surface area contributed by atoms with E-state index >= 15 is 0 Å². The maximum atomic E-state index is 12.2. The number of benzene rings is 1. The third-order valence-corrected chi connectivity index (χ3v) is 4.07. The third-order valence-electron chi connectivity index (χ3n) is 3.78. The minimum Gasteiger partial charge on any atom is -0.457 e. The molecule has 1 aromatic carbocycles. The number of fused-ring (bicyclic) bond motifs is 1. The molecule has 0 amide bonds. The van der Waals surface area contributed by atoms with Gasteiger partial charge in [-0.05, 0) is 32.3 Å². The molecule has 0 radical (unpaired) electrons. The van der Waals surface area contributed by atoms with Crippen molar-refractivity contribution in [1.29, 1.82) is 0 Å². The zero-order valence-corrected chi connectivity index (χ0v) is 12.6. The molecule has 1 saturated heterocycles. The Morgan fingerprint density at radius 3 is 3.00 bits per heavy atom. The highest BCUT2D eigenvalue weighted by Gasteiger charge is 2.22. The summed E-state index contributed by atoms with van der Waals surface area (Å²) in [6.07, 6.45) is 3.11. The van der Waals surface area contributed by atoms with Crippen molar-refractivity contribution in [3.05, 3.63) is 34.5 Å². The van der Waals surface area contributed by atoms with Crippen molar-refractivity contribution in [3.8, 4) is 0 Å². The van der Waals surface area contributed by atoms with Crippen molar-refractivity contribution in [2.45, 2.75) is 32.3 Å². The van der Waals surface area contributed by atoms with Gasteiger partial charge in [0, 0.05) is 17.6 Å². The largest absolute Gasteiger partial charge is 0.457 e. The second-order valence-electron chi connectivity index (χ2n) is 5.26. The number of ether oxygens (including phenoxy) is 2. The number of aryl methyl sites for hydroxylation is 1. The van der Waals surface area contributed by atoms with Crippen LogP contribution in [0, 0.1) is 6.92 Å². The Morgan fingerprint density at radius 1 is 1.43 bits per heavy atom. The molecule has 3 rings (SSSR count). The van der Waals surface area contributed by atoms with Gasteiger partial charge >= 0.3 is 5.97 Å². The standard InChI is InChI=1S/C16H17ClO4/c1-10-12-6-4-7-13(17)15(12)21-14(10)16(18)20-9-11-5-2-3-8-19-11/h4,6-7,11H,2-3,5,8-9H2,1H3. The minimum absolute atomic E-state index is 0.00373. The number of halogens is 1. The molecular weight excluding hydrogens is 292 g/mol. The van der Waals surface area contributed by atoms with E-state index in [0.717, 1.165) is 36.8 Å². The summed E-state index contributed by atoms with van der Waals surface area (Å²) >= 11 is 6.08. The SMILES string of the molecule is Cc1c(C(=O)OCC2CCCCO2)oc2c(Cl)cccc12. The van der Waals surface area contributed by atoms with Gasteiger partial charge in [-0.3, -0.25) is 0 Å². The lowest BCUT2D eigenvalue weighted by Gasteiger charge is -2.21. The summed E-state index contributed by atoms with van der Waals surface area (Å²) in [6.45, 7) is 2.83. The Kier molecular flexibility index (Phi) is 4.17. The lowest BCUT2D eigenvalue weighted by Crippen LogP contribution is -2.26. The first-order chi connectivity index (χ1) is 10.2. The number of hydrogen-bond donors (Lipinski definition) is 0. The molecule has 4 nitrogen and oxygen atoms in total. The molecule has 1 unspecified atom stereocenters. The number of esters is 1. The van der Waals surface area contributed by atoms with Crippen LogP contribution in [0.2, 0.25) is 5.02 Å². The van der Waals surface area contributed by atoms with Gasteiger partial charge in [-0.15, -0.1) is 0 Å². The van der Waals surface area contributed by atoms with Crippen molar-refractivity contribution in [2.24, 2.45) is 0 Å². The van der Waals surface area contributed by atoms with E-state index in [1.54, 1.807) is 6.07 Å². The molecule has 1 aliphatic heterocycles. The molecule has 1 aromatic heterocycles. The van der Waals surface area contributed by atoms with E-state index in [9.17, 15) is 4.79 Å². The van der Waals surface area contributed by atoms with Crippen LogP contribution in [0.25, 0.3) is 11.0 Å². The van der Waals surface area contributed by atoms with Gasteiger partial charge in [0.15, 0.2) is 5.58 Å². The molecule has 1 atom stereocenters. The van der Waals surface area contributed by atoms with E-state index in [2.05, 4.69) is 0 Å². The predicted molar refractivity (Wildman–Crippen MR) is 79.8 cm³/mol. The summed E-state index contributed by atoms with van der Waals surface area (Å²) in [7, 11) is 0. The predicted octanol–water partition coefficient (Wildman–Crippen LogP) is 4.12. The van der Waals surface area contributed by atoms with E-state index in [0.29, 0.717) is 10.6 Å². The first kappa shape index (κ1) is 14.4. The van der Waals surface area contributed by atoms with E-state index in [4.69, 9.17) is 25.5 Å². The first-order valence-corrected chi connectivity index (χ1v) is 7.51. The van der Waals surface area contributed by atoms with Gasteiger partial charge in [-0.25, -0.2) is 4.79 Å². The van der Waals surface area contributed by atoms with Crippen LogP contribution in [0.5, 0.6) is 0 Å². The molecule has 5 heteroatoms. The van der Waals surface area contributed by atoms with Crippen LogP contribution in [-0.2, 0) is 9.47 Å². The zero-order valence-electron chi connectivity index (χ0n) is 11.9. The Morgan fingerprint density at radius 2 is 2.29 bits per heavy atom. The summed E-state index contributed by atoms with van der Waals surface area (Å²) in [4.78, 5) is 12.2. The van der Waals surface area contributed by atoms with Gasteiger partial charge in [-0.1, -0.05) is 23.7 Å². The molecular formula is C16H17ClO4. The van der Waals surface area contributed by atoms with E-state index < -0.39 is 5.97 Å². The summed E-state index contributed by atoms with van der Waals surface area (Å²) in [5.41, 5.74) is 1.28. The highest BCUT2D eigenvalue weighted by Crippen LogP contribution is 2.31. The molecule has 0 bridgehead atoms. The van der Waals surface area contributed by atoms with Crippen molar-refractivity contribution in [1.82, 2.24) is 0 Å². The second-order valence-corrected chi connectivity index (χ2v) is 5.67. The molecule has 0 aliphatic carbocycles. The molecule has 21 heavy (non-hydrogen) atoms. The average molecular weight is 309 g/mol. The second kappa shape index (κ2) is 6.08. The van der Waals surface area contributed by atoms with Crippen molar-refractivity contribution in [2.75, 3.05) is 13.2 Å². The smallest absolute Gasteiger partial charge is 0.374 e. The molecule has 0 saturated carbocycles. The lowest BCUT2D eigenvalue weighted by atomic mass is 10.1. The number of para-hydroxylation sites is 1.